The second kappa shape index (κ2) is 7.16. The van der Waals surface area contributed by atoms with E-state index in [2.05, 4.69) is 52.0 Å². The van der Waals surface area contributed by atoms with Crippen molar-refractivity contribution >= 4 is 15.9 Å². The van der Waals surface area contributed by atoms with Gasteiger partial charge in [-0.1, -0.05) is 45.8 Å². The van der Waals surface area contributed by atoms with E-state index in [1.165, 1.54) is 17.2 Å². The van der Waals surface area contributed by atoms with Gasteiger partial charge in [0.2, 0.25) is 0 Å². The molecule has 2 aromatic carbocycles. The van der Waals surface area contributed by atoms with Crippen molar-refractivity contribution in [2.45, 2.75) is 19.5 Å². The van der Waals surface area contributed by atoms with E-state index in [1.807, 2.05) is 7.05 Å². The van der Waals surface area contributed by atoms with Crippen LogP contribution in [-0.4, -0.2) is 18.5 Å². The van der Waals surface area contributed by atoms with E-state index in [1.54, 1.807) is 12.1 Å². The fourth-order valence-electron chi connectivity index (χ4n) is 2.41. The molecule has 2 nitrogen and oxygen atoms in total. The summed E-state index contributed by atoms with van der Waals surface area (Å²) >= 11 is 3.39. The van der Waals surface area contributed by atoms with Gasteiger partial charge in [0.1, 0.15) is 5.82 Å². The van der Waals surface area contributed by atoms with Crippen LogP contribution in [0.25, 0.3) is 0 Å². The van der Waals surface area contributed by atoms with Gasteiger partial charge in [0, 0.05) is 29.2 Å². The van der Waals surface area contributed by atoms with Crippen LogP contribution in [0, 0.1) is 12.7 Å². The largest absolute Gasteiger partial charge is 0.329 e. The van der Waals surface area contributed by atoms with Gasteiger partial charge in [-0.3, -0.25) is 4.90 Å². The van der Waals surface area contributed by atoms with E-state index in [4.69, 9.17) is 5.73 Å². The van der Waals surface area contributed by atoms with Crippen LogP contribution in [0.1, 0.15) is 22.7 Å². The van der Waals surface area contributed by atoms with Crippen LogP contribution in [0.2, 0.25) is 0 Å². The van der Waals surface area contributed by atoms with E-state index in [9.17, 15) is 4.39 Å². The Labute approximate surface area is 133 Å². The summed E-state index contributed by atoms with van der Waals surface area (Å²) in [5.74, 6) is -0.218. The molecule has 0 amide bonds. The van der Waals surface area contributed by atoms with Gasteiger partial charge in [0.25, 0.3) is 0 Å². The average Bonchev–Trinajstić information content (AvgIpc) is 2.46. The Bertz CT molecular complexity index is 598. The van der Waals surface area contributed by atoms with Crippen molar-refractivity contribution in [2.24, 2.45) is 5.73 Å². The van der Waals surface area contributed by atoms with E-state index in [0.29, 0.717) is 12.1 Å². The summed E-state index contributed by atoms with van der Waals surface area (Å²) < 4.78 is 14.9. The molecule has 4 heteroatoms. The lowest BCUT2D eigenvalue weighted by Gasteiger charge is -2.28. The van der Waals surface area contributed by atoms with Gasteiger partial charge >= 0.3 is 0 Å². The molecule has 0 aliphatic heterocycles. The quantitative estimate of drug-likeness (QED) is 0.881. The highest BCUT2D eigenvalue weighted by Crippen LogP contribution is 2.26. The number of aryl methyl sites for hydroxylation is 1. The van der Waals surface area contributed by atoms with Crippen molar-refractivity contribution in [2.75, 3.05) is 13.6 Å². The van der Waals surface area contributed by atoms with Crippen LogP contribution < -0.4 is 5.73 Å². The summed E-state index contributed by atoms with van der Waals surface area (Å²) in [5, 5.41) is 0. The topological polar surface area (TPSA) is 29.3 Å². The molecule has 1 atom stereocenters. The highest BCUT2D eigenvalue weighted by molar-refractivity contribution is 9.10. The zero-order valence-corrected chi connectivity index (χ0v) is 13.9. The molecule has 2 rings (SSSR count). The Hall–Kier alpha value is -1.23. The molecule has 112 valence electrons. The Morgan fingerprint density at radius 2 is 1.86 bits per heavy atom. The lowest BCUT2D eigenvalue weighted by atomic mass is 10.0. The minimum atomic E-state index is -0.218. The van der Waals surface area contributed by atoms with Gasteiger partial charge in [-0.05, 0) is 37.7 Å². The number of halogens is 2. The second-order valence-electron chi connectivity index (χ2n) is 5.32. The number of rotatable bonds is 5. The smallest absolute Gasteiger partial charge is 0.128 e. The molecule has 21 heavy (non-hydrogen) atoms. The van der Waals surface area contributed by atoms with Crippen molar-refractivity contribution in [1.29, 1.82) is 0 Å². The van der Waals surface area contributed by atoms with Crippen molar-refractivity contribution < 1.29 is 4.39 Å². The number of benzene rings is 2. The maximum atomic E-state index is 14.1. The molecule has 2 aromatic rings. The molecular formula is C17H20BrFN2. The third-order valence-corrected chi connectivity index (χ3v) is 4.12. The van der Waals surface area contributed by atoms with E-state index >= 15 is 0 Å². The minimum absolute atomic E-state index is 0.149. The molecule has 0 aliphatic carbocycles. The Morgan fingerprint density at radius 3 is 2.48 bits per heavy atom. The van der Waals surface area contributed by atoms with Gasteiger partial charge < -0.3 is 5.73 Å². The summed E-state index contributed by atoms with van der Waals surface area (Å²) in [4.78, 5) is 2.08. The fraction of sp³-hybridized carbons (Fsp3) is 0.294. The van der Waals surface area contributed by atoms with Gasteiger partial charge in [-0.2, -0.15) is 0 Å². The molecule has 0 aromatic heterocycles. The highest BCUT2D eigenvalue weighted by Gasteiger charge is 2.19. The zero-order valence-electron chi connectivity index (χ0n) is 12.3. The van der Waals surface area contributed by atoms with Crippen molar-refractivity contribution in [3.05, 3.63) is 69.4 Å². The first kappa shape index (κ1) is 16.1. The average molecular weight is 351 g/mol. The normalized spacial score (nSPS) is 12.7. The van der Waals surface area contributed by atoms with E-state index in [-0.39, 0.29) is 11.9 Å². The maximum absolute atomic E-state index is 14.1. The number of nitrogens with two attached hydrogens (primary N) is 1. The van der Waals surface area contributed by atoms with Crippen LogP contribution >= 0.6 is 15.9 Å². The number of hydrogen-bond acceptors (Lipinski definition) is 2. The Morgan fingerprint density at radius 1 is 1.19 bits per heavy atom. The molecule has 0 spiro atoms. The van der Waals surface area contributed by atoms with Crippen LogP contribution in [-0.2, 0) is 6.54 Å². The predicted octanol–water partition coefficient (Wildman–Crippen LogP) is 4.03. The van der Waals surface area contributed by atoms with Crippen LogP contribution in [0.15, 0.2) is 46.9 Å². The molecule has 2 N–H and O–H groups in total. The summed E-state index contributed by atoms with van der Waals surface area (Å²) in [7, 11) is 1.97. The highest BCUT2D eigenvalue weighted by atomic mass is 79.9. The second-order valence-corrected chi connectivity index (χ2v) is 6.23. The molecule has 0 aliphatic rings. The monoisotopic (exact) mass is 350 g/mol. The molecule has 0 saturated heterocycles. The summed E-state index contributed by atoms with van der Waals surface area (Å²) in [6, 6.07) is 13.2. The number of hydrogen-bond donors (Lipinski definition) is 1. The van der Waals surface area contributed by atoms with E-state index in [0.717, 1.165) is 11.0 Å². The molecule has 1 unspecified atom stereocenters. The lowest BCUT2D eigenvalue weighted by Crippen LogP contribution is -2.30. The standard InChI is InChI=1S/C17H20BrFN2/c1-12-3-5-13(6-4-12)11-21(2)17(10-20)15-9-14(18)7-8-16(15)19/h3-9,17H,10-11,20H2,1-2H3. The van der Waals surface area contributed by atoms with Gasteiger partial charge in [-0.15, -0.1) is 0 Å². The summed E-state index contributed by atoms with van der Waals surface area (Å²) in [6.45, 7) is 3.16. The Balaban J connectivity index is 2.20. The first-order valence-corrected chi connectivity index (χ1v) is 7.71. The molecule has 0 bridgehead atoms. The van der Waals surface area contributed by atoms with Gasteiger partial charge in [-0.25, -0.2) is 4.39 Å². The van der Waals surface area contributed by atoms with Crippen molar-refractivity contribution in [3.8, 4) is 0 Å². The van der Waals surface area contributed by atoms with Crippen LogP contribution in [0.4, 0.5) is 4.39 Å². The minimum Gasteiger partial charge on any atom is -0.329 e. The lowest BCUT2D eigenvalue weighted by molar-refractivity contribution is 0.236. The molecule has 0 saturated carbocycles. The van der Waals surface area contributed by atoms with Gasteiger partial charge in [0.15, 0.2) is 0 Å². The third kappa shape index (κ3) is 4.13. The van der Waals surface area contributed by atoms with Crippen LogP contribution in [0.3, 0.4) is 0 Å². The Kier molecular flexibility index (Phi) is 5.51. The third-order valence-electron chi connectivity index (χ3n) is 3.62. The fourth-order valence-corrected chi connectivity index (χ4v) is 2.78. The predicted molar refractivity (Wildman–Crippen MR) is 88.5 cm³/mol. The number of nitrogens with zero attached hydrogens (tertiary/aromatic N) is 1. The van der Waals surface area contributed by atoms with Crippen LogP contribution in [0.5, 0.6) is 0 Å². The first-order chi connectivity index (χ1) is 10.0. The maximum Gasteiger partial charge on any atom is 0.128 e. The number of likely N-dealkylation sites (N-methyl/N-ethyl adjacent to an activating group) is 1. The van der Waals surface area contributed by atoms with E-state index < -0.39 is 0 Å². The molecule has 0 radical (unpaired) electrons. The molecule has 0 fully saturated rings. The SMILES string of the molecule is Cc1ccc(CN(C)C(CN)c2cc(Br)ccc2F)cc1. The summed E-state index contributed by atoms with van der Waals surface area (Å²) in [5.41, 5.74) is 8.93. The zero-order chi connectivity index (χ0) is 15.4. The van der Waals surface area contributed by atoms with Gasteiger partial charge in [0.05, 0.1) is 0 Å². The molecular weight excluding hydrogens is 331 g/mol. The van der Waals surface area contributed by atoms with Crippen molar-refractivity contribution in [1.82, 2.24) is 4.90 Å². The van der Waals surface area contributed by atoms with Crippen molar-refractivity contribution in [3.63, 3.8) is 0 Å². The first-order valence-electron chi connectivity index (χ1n) is 6.92. The summed E-state index contributed by atoms with van der Waals surface area (Å²) in [6.07, 6.45) is 0. The molecule has 0 heterocycles.